The molecule has 1 aliphatic heterocycles. The number of hydrogen-bond donors (Lipinski definition) is 2. The molecular formula is C29H40N6O. The predicted octanol–water partition coefficient (Wildman–Crippen LogP) is 5.15. The van der Waals surface area contributed by atoms with Crippen molar-refractivity contribution in [2.24, 2.45) is 0 Å². The molecule has 2 N–H and O–H groups in total. The van der Waals surface area contributed by atoms with Crippen LogP contribution in [0, 0.1) is 6.92 Å². The maximum absolute atomic E-state index is 10.6. The van der Waals surface area contributed by atoms with Gasteiger partial charge in [0.2, 0.25) is 0 Å². The van der Waals surface area contributed by atoms with Gasteiger partial charge in [0.15, 0.2) is 5.65 Å². The van der Waals surface area contributed by atoms with Gasteiger partial charge in [-0.2, -0.15) is 5.10 Å². The number of nitrogens with zero attached hydrogens (tertiary/aromatic N) is 5. The van der Waals surface area contributed by atoms with E-state index in [0.29, 0.717) is 11.8 Å². The summed E-state index contributed by atoms with van der Waals surface area (Å²) in [5.41, 5.74) is 8.42. The molecule has 0 radical (unpaired) electrons. The summed E-state index contributed by atoms with van der Waals surface area (Å²) in [6.45, 7) is 15.5. The number of aromatic nitrogens is 4. The Morgan fingerprint density at radius 2 is 1.89 bits per heavy atom. The summed E-state index contributed by atoms with van der Waals surface area (Å²) in [5, 5.41) is 16.3. The molecule has 4 aromatic rings. The molecule has 0 aliphatic carbocycles. The molecule has 7 heteroatoms. The molecule has 36 heavy (non-hydrogen) atoms. The molecule has 1 fully saturated rings. The van der Waals surface area contributed by atoms with Crippen LogP contribution in [-0.4, -0.2) is 73.4 Å². The Morgan fingerprint density at radius 1 is 1.14 bits per heavy atom. The van der Waals surface area contributed by atoms with Crippen molar-refractivity contribution in [3.8, 4) is 11.3 Å². The zero-order valence-corrected chi connectivity index (χ0v) is 22.3. The van der Waals surface area contributed by atoms with Crippen LogP contribution in [0.25, 0.3) is 27.8 Å². The van der Waals surface area contributed by atoms with Crippen molar-refractivity contribution in [2.45, 2.75) is 65.5 Å². The van der Waals surface area contributed by atoms with Gasteiger partial charge in [-0.3, -0.25) is 9.80 Å². The molecule has 0 amide bonds. The summed E-state index contributed by atoms with van der Waals surface area (Å²) in [7, 11) is 0. The lowest BCUT2D eigenvalue weighted by atomic mass is 9.87. The van der Waals surface area contributed by atoms with E-state index in [-0.39, 0.29) is 6.23 Å². The number of β-amino-alcohol motifs (C(OH)–C–C–N with tert-alkyl or cyclic N) is 1. The Morgan fingerprint density at radius 3 is 2.58 bits per heavy atom. The van der Waals surface area contributed by atoms with Crippen LogP contribution in [0.4, 0.5) is 0 Å². The maximum Gasteiger partial charge on any atom is 0.155 e. The first-order valence-corrected chi connectivity index (χ1v) is 13.5. The third-order valence-corrected chi connectivity index (χ3v) is 8.05. The van der Waals surface area contributed by atoms with Gasteiger partial charge in [0, 0.05) is 29.2 Å². The van der Waals surface area contributed by atoms with E-state index in [1.165, 1.54) is 38.9 Å². The van der Waals surface area contributed by atoms with Crippen LogP contribution >= 0.6 is 0 Å². The number of pyridine rings is 1. The summed E-state index contributed by atoms with van der Waals surface area (Å²) >= 11 is 0. The standard InChI is InChI=1S/C29H40N6O/c1-6-34(7-2)27(36)17-33-12-10-21(11-13-33)22-8-9-25-23(15-22)28(19(3)4)29(32-25)24-16-35-26(14-20(24)5)30-18-31-35/h8-9,14-16,18-19,21,27,32,36H,6-7,10-13,17H2,1-5H3. The van der Waals surface area contributed by atoms with Crippen LogP contribution in [0.5, 0.6) is 0 Å². The number of nitrogens with one attached hydrogen (secondary N) is 1. The number of rotatable bonds is 8. The van der Waals surface area contributed by atoms with Crippen LogP contribution in [0.1, 0.15) is 69.1 Å². The zero-order chi connectivity index (χ0) is 25.4. The summed E-state index contributed by atoms with van der Waals surface area (Å²) in [6, 6.07) is 9.11. The first-order valence-electron chi connectivity index (χ1n) is 13.5. The SMILES string of the molecule is CCN(CC)C(O)CN1CCC(c2ccc3[nH]c(-c4cn5ncnc5cc4C)c(C(C)C)c3c2)CC1. The van der Waals surface area contributed by atoms with Crippen molar-refractivity contribution >= 4 is 16.6 Å². The average Bonchev–Trinajstić information content (AvgIpc) is 3.48. The molecule has 4 heterocycles. The normalized spacial score (nSPS) is 16.7. The Hall–Kier alpha value is -2.74. The second-order valence-electron chi connectivity index (χ2n) is 10.6. The molecule has 1 saturated heterocycles. The average molecular weight is 489 g/mol. The molecule has 192 valence electrons. The molecule has 0 spiro atoms. The lowest BCUT2D eigenvalue weighted by Crippen LogP contribution is -2.46. The topological polar surface area (TPSA) is 72.7 Å². The van der Waals surface area contributed by atoms with Crippen molar-refractivity contribution in [3.63, 3.8) is 0 Å². The second-order valence-corrected chi connectivity index (χ2v) is 10.6. The fraction of sp³-hybridized carbons (Fsp3) is 0.517. The van der Waals surface area contributed by atoms with Crippen molar-refractivity contribution in [3.05, 3.63) is 53.5 Å². The minimum Gasteiger partial charge on any atom is -0.377 e. The van der Waals surface area contributed by atoms with Crippen LogP contribution < -0.4 is 0 Å². The van der Waals surface area contributed by atoms with Crippen LogP contribution in [0.3, 0.4) is 0 Å². The first kappa shape index (κ1) is 24.9. The van der Waals surface area contributed by atoms with E-state index in [1.807, 2.05) is 4.52 Å². The number of benzene rings is 1. The highest BCUT2D eigenvalue weighted by molar-refractivity contribution is 5.92. The minimum absolute atomic E-state index is 0.375. The monoisotopic (exact) mass is 488 g/mol. The van der Waals surface area contributed by atoms with Crippen molar-refractivity contribution < 1.29 is 5.11 Å². The van der Waals surface area contributed by atoms with Gasteiger partial charge >= 0.3 is 0 Å². The highest BCUT2D eigenvalue weighted by atomic mass is 16.3. The fourth-order valence-corrected chi connectivity index (χ4v) is 5.96. The highest BCUT2D eigenvalue weighted by Gasteiger charge is 2.25. The molecule has 3 aromatic heterocycles. The highest BCUT2D eigenvalue weighted by Crippen LogP contribution is 2.39. The number of hydrogen-bond acceptors (Lipinski definition) is 5. The smallest absolute Gasteiger partial charge is 0.155 e. The van der Waals surface area contributed by atoms with Crippen LogP contribution in [0.2, 0.25) is 0 Å². The second kappa shape index (κ2) is 10.3. The number of piperidine rings is 1. The third kappa shape index (κ3) is 4.67. The van der Waals surface area contributed by atoms with E-state index in [0.717, 1.165) is 51.2 Å². The fourth-order valence-electron chi connectivity index (χ4n) is 5.96. The van der Waals surface area contributed by atoms with Gasteiger partial charge in [-0.15, -0.1) is 0 Å². The summed E-state index contributed by atoms with van der Waals surface area (Å²) in [5.74, 6) is 0.945. The lowest BCUT2D eigenvalue weighted by Gasteiger charge is -2.35. The van der Waals surface area contributed by atoms with Crippen molar-refractivity contribution in [2.75, 3.05) is 32.7 Å². The van der Waals surface area contributed by atoms with Gasteiger partial charge in [0.05, 0.1) is 5.69 Å². The molecule has 0 saturated carbocycles. The largest absolute Gasteiger partial charge is 0.377 e. The number of aliphatic hydroxyl groups is 1. The Bertz CT molecular complexity index is 1330. The predicted molar refractivity (Wildman–Crippen MR) is 146 cm³/mol. The van der Waals surface area contributed by atoms with Gasteiger partial charge in [-0.1, -0.05) is 33.8 Å². The van der Waals surface area contributed by atoms with E-state index in [2.05, 4.69) is 89.9 Å². The quantitative estimate of drug-likeness (QED) is 0.336. The molecule has 0 bridgehead atoms. The van der Waals surface area contributed by atoms with E-state index >= 15 is 0 Å². The number of aliphatic hydroxyl groups excluding tert-OH is 1. The molecule has 1 atom stereocenters. The Balaban J connectivity index is 1.40. The molecule has 7 nitrogen and oxygen atoms in total. The number of H-pyrrole nitrogens is 1. The molecule has 1 unspecified atom stereocenters. The molecule has 1 aromatic carbocycles. The molecule has 1 aliphatic rings. The summed E-state index contributed by atoms with van der Waals surface area (Å²) in [4.78, 5) is 12.6. The number of aryl methyl sites for hydroxylation is 1. The first-order chi connectivity index (χ1) is 17.4. The Kier molecular flexibility index (Phi) is 7.15. The summed E-state index contributed by atoms with van der Waals surface area (Å²) in [6.07, 6.45) is 5.59. The number of likely N-dealkylation sites (N-methyl/N-ethyl adjacent to an activating group) is 1. The van der Waals surface area contributed by atoms with Crippen molar-refractivity contribution in [1.29, 1.82) is 0 Å². The lowest BCUT2D eigenvalue weighted by molar-refractivity contribution is -0.0197. The minimum atomic E-state index is -0.375. The number of aromatic amines is 1. The van der Waals surface area contributed by atoms with Gasteiger partial charge in [-0.25, -0.2) is 9.50 Å². The van der Waals surface area contributed by atoms with E-state index in [4.69, 9.17) is 0 Å². The van der Waals surface area contributed by atoms with Crippen LogP contribution in [-0.2, 0) is 0 Å². The zero-order valence-electron chi connectivity index (χ0n) is 22.3. The van der Waals surface area contributed by atoms with E-state index < -0.39 is 0 Å². The number of fused-ring (bicyclic) bond motifs is 2. The maximum atomic E-state index is 10.6. The molecular weight excluding hydrogens is 448 g/mol. The van der Waals surface area contributed by atoms with E-state index in [1.54, 1.807) is 6.33 Å². The molecule has 5 rings (SSSR count). The van der Waals surface area contributed by atoms with E-state index in [9.17, 15) is 5.11 Å². The van der Waals surface area contributed by atoms with Crippen LogP contribution in [0.15, 0.2) is 36.8 Å². The van der Waals surface area contributed by atoms with Gasteiger partial charge in [0.25, 0.3) is 0 Å². The summed E-state index contributed by atoms with van der Waals surface area (Å²) < 4.78 is 1.86. The van der Waals surface area contributed by atoms with Gasteiger partial charge in [0.1, 0.15) is 12.6 Å². The Labute approximate surface area is 214 Å². The van der Waals surface area contributed by atoms with Gasteiger partial charge < -0.3 is 10.1 Å². The third-order valence-electron chi connectivity index (χ3n) is 8.05. The number of likely N-dealkylation sites (tertiary alicyclic amines) is 1. The van der Waals surface area contributed by atoms with Gasteiger partial charge in [-0.05, 0) is 92.7 Å². The van der Waals surface area contributed by atoms with Crippen molar-refractivity contribution in [1.82, 2.24) is 29.4 Å².